The van der Waals surface area contributed by atoms with E-state index in [1.165, 1.54) is 0 Å². The number of allylic oxidation sites excluding steroid dienone is 1. The molecule has 0 bridgehead atoms. The summed E-state index contributed by atoms with van der Waals surface area (Å²) in [5.41, 5.74) is 5.76. The Balaban J connectivity index is 1.75. The number of hydrogen-bond donors (Lipinski definition) is 1. The molecule has 0 aliphatic carbocycles. The zero-order valence-corrected chi connectivity index (χ0v) is 19.9. The monoisotopic (exact) mass is 457 g/mol. The highest BCUT2D eigenvalue weighted by molar-refractivity contribution is 6.06. The molecule has 0 unspecified atom stereocenters. The number of rotatable bonds is 7. The lowest BCUT2D eigenvalue weighted by Gasteiger charge is -2.14. The van der Waals surface area contributed by atoms with E-state index < -0.39 is 0 Å². The highest BCUT2D eigenvalue weighted by Gasteiger charge is 2.19. The summed E-state index contributed by atoms with van der Waals surface area (Å²) >= 11 is 0. The Labute approximate surface area is 198 Å². The fourth-order valence-electron chi connectivity index (χ4n) is 4.06. The Morgan fingerprint density at radius 3 is 2.38 bits per heavy atom. The molecule has 6 nitrogen and oxygen atoms in total. The first-order chi connectivity index (χ1) is 16.5. The smallest absolute Gasteiger partial charge is 0.248 e. The largest absolute Gasteiger partial charge is 0.497 e. The number of ether oxygens (including phenoxy) is 3. The van der Waals surface area contributed by atoms with Crippen molar-refractivity contribution < 1.29 is 23.4 Å². The number of para-hydroxylation sites is 2. The third-order valence-electron chi connectivity index (χ3n) is 5.79. The molecule has 1 aromatic heterocycles. The van der Waals surface area contributed by atoms with Gasteiger partial charge in [0.1, 0.15) is 22.8 Å². The second-order valence-electron chi connectivity index (χ2n) is 7.85. The second kappa shape index (κ2) is 9.75. The van der Waals surface area contributed by atoms with Crippen LogP contribution in [0.5, 0.6) is 17.2 Å². The summed E-state index contributed by atoms with van der Waals surface area (Å²) in [5.74, 6) is 1.79. The van der Waals surface area contributed by atoms with Crippen LogP contribution in [0.2, 0.25) is 0 Å². The van der Waals surface area contributed by atoms with Crippen LogP contribution in [-0.2, 0) is 4.79 Å². The van der Waals surface area contributed by atoms with Crippen LogP contribution in [-0.4, -0.2) is 27.2 Å². The number of anilines is 1. The van der Waals surface area contributed by atoms with Crippen molar-refractivity contribution in [2.24, 2.45) is 0 Å². The Hall–Kier alpha value is -4.19. The molecule has 0 aliphatic heterocycles. The third kappa shape index (κ3) is 4.35. The van der Waals surface area contributed by atoms with Crippen LogP contribution in [0.15, 0.2) is 71.4 Å². The summed E-state index contributed by atoms with van der Waals surface area (Å²) < 4.78 is 22.2. The van der Waals surface area contributed by atoms with Gasteiger partial charge in [0.25, 0.3) is 0 Å². The third-order valence-corrected chi connectivity index (χ3v) is 5.79. The maximum absolute atomic E-state index is 12.8. The van der Waals surface area contributed by atoms with Crippen LogP contribution in [0, 0.1) is 6.92 Å². The summed E-state index contributed by atoms with van der Waals surface area (Å²) in [5, 5.41) is 3.82. The van der Waals surface area contributed by atoms with Gasteiger partial charge in [-0.25, -0.2) is 0 Å². The first-order valence-electron chi connectivity index (χ1n) is 10.8. The van der Waals surface area contributed by atoms with Gasteiger partial charge in [-0.3, -0.25) is 4.79 Å². The minimum Gasteiger partial charge on any atom is -0.497 e. The molecule has 3 aromatic carbocycles. The van der Waals surface area contributed by atoms with Crippen LogP contribution in [0.4, 0.5) is 5.69 Å². The van der Waals surface area contributed by atoms with E-state index in [0.29, 0.717) is 17.2 Å². The van der Waals surface area contributed by atoms with Gasteiger partial charge in [-0.15, -0.1) is 0 Å². The van der Waals surface area contributed by atoms with Crippen LogP contribution >= 0.6 is 0 Å². The van der Waals surface area contributed by atoms with Crippen molar-refractivity contribution in [3.05, 3.63) is 78.1 Å². The average molecular weight is 458 g/mol. The summed E-state index contributed by atoms with van der Waals surface area (Å²) in [6.07, 6.45) is 3.30. The van der Waals surface area contributed by atoms with Gasteiger partial charge >= 0.3 is 0 Å². The number of hydrogen-bond acceptors (Lipinski definition) is 5. The average Bonchev–Trinajstić information content (AvgIpc) is 3.28. The summed E-state index contributed by atoms with van der Waals surface area (Å²) in [7, 11) is 4.83. The van der Waals surface area contributed by atoms with E-state index in [1.807, 2.05) is 56.3 Å². The number of fused-ring (bicyclic) bond motifs is 1. The second-order valence-corrected chi connectivity index (χ2v) is 7.85. The summed E-state index contributed by atoms with van der Waals surface area (Å²) in [6.45, 7) is 3.84. The molecular formula is C28H27NO5. The van der Waals surface area contributed by atoms with E-state index in [-0.39, 0.29) is 5.91 Å². The Morgan fingerprint density at radius 2 is 1.71 bits per heavy atom. The lowest BCUT2D eigenvalue weighted by atomic mass is 9.96. The molecule has 174 valence electrons. The summed E-state index contributed by atoms with van der Waals surface area (Å²) in [6, 6.07) is 17.1. The van der Waals surface area contributed by atoms with Crippen molar-refractivity contribution in [1.82, 2.24) is 0 Å². The molecule has 34 heavy (non-hydrogen) atoms. The van der Waals surface area contributed by atoms with Crippen LogP contribution < -0.4 is 19.5 Å². The topological polar surface area (TPSA) is 69.9 Å². The number of benzene rings is 3. The Kier molecular flexibility index (Phi) is 6.59. The molecule has 6 heteroatoms. The molecule has 0 aliphatic rings. The van der Waals surface area contributed by atoms with Gasteiger partial charge in [-0.2, -0.15) is 0 Å². The van der Waals surface area contributed by atoms with Gasteiger partial charge < -0.3 is 23.9 Å². The fraction of sp³-hybridized carbons (Fsp3) is 0.179. The van der Waals surface area contributed by atoms with Crippen LogP contribution in [0.25, 0.3) is 27.7 Å². The maximum Gasteiger partial charge on any atom is 0.248 e. The summed E-state index contributed by atoms with van der Waals surface area (Å²) in [4.78, 5) is 12.8. The fourth-order valence-corrected chi connectivity index (χ4v) is 4.06. The highest BCUT2D eigenvalue weighted by atomic mass is 16.5. The molecule has 0 atom stereocenters. The predicted octanol–water partition coefficient (Wildman–Crippen LogP) is 6.48. The maximum atomic E-state index is 12.8. The molecule has 0 spiro atoms. The van der Waals surface area contributed by atoms with Gasteiger partial charge in [0.15, 0.2) is 0 Å². The standard InChI is InChI=1S/C28H27NO5/c1-17(14-26(30)29-24-8-6-7-9-25(24)32-4)21-15-22-23(19-10-12-20(31-3)13-11-19)16-34-28(22)18(2)27(21)33-5/h6-16H,1-5H3,(H,29,30)/b17-14+. The molecule has 0 saturated carbocycles. The molecule has 0 fully saturated rings. The van der Waals surface area contributed by atoms with Gasteiger partial charge in [0, 0.05) is 28.2 Å². The van der Waals surface area contributed by atoms with E-state index in [2.05, 4.69) is 5.32 Å². The van der Waals surface area contributed by atoms with E-state index in [0.717, 1.165) is 44.5 Å². The zero-order chi connectivity index (χ0) is 24.2. The molecule has 1 amide bonds. The number of nitrogens with one attached hydrogen (secondary N) is 1. The number of methoxy groups -OCH3 is 3. The van der Waals surface area contributed by atoms with Gasteiger partial charge in [0.2, 0.25) is 5.91 Å². The molecule has 1 heterocycles. The van der Waals surface area contributed by atoms with Crippen molar-refractivity contribution >= 4 is 28.1 Å². The van der Waals surface area contributed by atoms with Crippen molar-refractivity contribution in [3.63, 3.8) is 0 Å². The number of aryl methyl sites for hydroxylation is 1. The Bertz CT molecular complexity index is 1370. The highest BCUT2D eigenvalue weighted by Crippen LogP contribution is 2.40. The molecule has 1 N–H and O–H groups in total. The predicted molar refractivity (Wildman–Crippen MR) is 135 cm³/mol. The normalized spacial score (nSPS) is 11.4. The number of furan rings is 1. The van der Waals surface area contributed by atoms with E-state index >= 15 is 0 Å². The van der Waals surface area contributed by atoms with Crippen molar-refractivity contribution in [2.45, 2.75) is 13.8 Å². The zero-order valence-electron chi connectivity index (χ0n) is 19.9. The lowest BCUT2D eigenvalue weighted by molar-refractivity contribution is -0.111. The minimum atomic E-state index is -0.260. The van der Waals surface area contributed by atoms with Gasteiger partial charge in [-0.1, -0.05) is 24.3 Å². The van der Waals surface area contributed by atoms with E-state index in [9.17, 15) is 4.79 Å². The first-order valence-corrected chi connectivity index (χ1v) is 10.8. The lowest BCUT2D eigenvalue weighted by Crippen LogP contribution is -2.09. The first kappa shape index (κ1) is 23.0. The quantitative estimate of drug-likeness (QED) is 0.322. The van der Waals surface area contributed by atoms with E-state index in [4.69, 9.17) is 18.6 Å². The van der Waals surface area contributed by atoms with Crippen LogP contribution in [0.3, 0.4) is 0 Å². The number of carbonyl (C=O) groups excluding carboxylic acids is 1. The van der Waals surface area contributed by atoms with Crippen molar-refractivity contribution in [2.75, 3.05) is 26.6 Å². The van der Waals surface area contributed by atoms with Crippen LogP contribution in [0.1, 0.15) is 18.1 Å². The minimum absolute atomic E-state index is 0.260. The van der Waals surface area contributed by atoms with Gasteiger partial charge in [-0.05, 0) is 55.3 Å². The van der Waals surface area contributed by atoms with Gasteiger partial charge in [0.05, 0.1) is 33.3 Å². The van der Waals surface area contributed by atoms with Crippen molar-refractivity contribution in [1.29, 1.82) is 0 Å². The SMILES string of the molecule is COc1ccc(-c2coc3c(C)c(OC)c(/C(C)=C/C(=O)Nc4ccccc4OC)cc23)cc1. The molecule has 4 rings (SSSR count). The molecular weight excluding hydrogens is 430 g/mol. The number of carbonyl (C=O) groups is 1. The van der Waals surface area contributed by atoms with Crippen molar-refractivity contribution in [3.8, 4) is 28.4 Å². The molecule has 0 radical (unpaired) electrons. The Morgan fingerprint density at radius 1 is 0.971 bits per heavy atom. The van der Waals surface area contributed by atoms with E-state index in [1.54, 1.807) is 45.8 Å². The molecule has 4 aromatic rings. The molecule has 0 saturated heterocycles. The number of amides is 1.